The summed E-state index contributed by atoms with van der Waals surface area (Å²) in [4.78, 5) is 11.7. The van der Waals surface area contributed by atoms with Gasteiger partial charge in [0.2, 0.25) is 0 Å². The lowest BCUT2D eigenvalue weighted by atomic mass is 9.97. The summed E-state index contributed by atoms with van der Waals surface area (Å²) in [7, 11) is 0. The van der Waals surface area contributed by atoms with Gasteiger partial charge in [0, 0.05) is 6.54 Å². The van der Waals surface area contributed by atoms with Crippen molar-refractivity contribution in [3.63, 3.8) is 0 Å². The predicted molar refractivity (Wildman–Crippen MR) is 79.6 cm³/mol. The van der Waals surface area contributed by atoms with Crippen LogP contribution in [0.25, 0.3) is 0 Å². The van der Waals surface area contributed by atoms with Crippen LogP contribution < -0.4 is 10.6 Å². The Balaban J connectivity index is 1.86. The van der Waals surface area contributed by atoms with E-state index >= 15 is 0 Å². The van der Waals surface area contributed by atoms with E-state index in [9.17, 15) is 18.0 Å². The minimum absolute atomic E-state index is 0.232. The SMILES string of the molecule is O=C(NCCC1=CCCCC1)Nc1ccccc1C(F)(F)F. The van der Waals surface area contributed by atoms with Gasteiger partial charge < -0.3 is 10.6 Å². The zero-order valence-corrected chi connectivity index (χ0v) is 12.2. The molecule has 0 unspecified atom stereocenters. The largest absolute Gasteiger partial charge is 0.418 e. The summed E-state index contributed by atoms with van der Waals surface area (Å²) in [6.45, 7) is 0.422. The first-order valence-corrected chi connectivity index (χ1v) is 7.36. The Labute approximate surface area is 127 Å². The van der Waals surface area contributed by atoms with Gasteiger partial charge in [-0.25, -0.2) is 4.79 Å². The number of urea groups is 1. The third-order valence-corrected chi connectivity index (χ3v) is 3.60. The lowest BCUT2D eigenvalue weighted by Crippen LogP contribution is -2.30. The molecule has 22 heavy (non-hydrogen) atoms. The van der Waals surface area contributed by atoms with E-state index in [0.29, 0.717) is 6.54 Å². The first-order valence-electron chi connectivity index (χ1n) is 7.36. The van der Waals surface area contributed by atoms with Gasteiger partial charge in [0.25, 0.3) is 0 Å². The van der Waals surface area contributed by atoms with Crippen LogP contribution in [0.15, 0.2) is 35.9 Å². The Morgan fingerprint density at radius 1 is 1.18 bits per heavy atom. The van der Waals surface area contributed by atoms with Gasteiger partial charge in [0.15, 0.2) is 0 Å². The molecule has 0 fully saturated rings. The maximum atomic E-state index is 12.8. The van der Waals surface area contributed by atoms with Gasteiger partial charge in [-0.1, -0.05) is 23.8 Å². The summed E-state index contributed by atoms with van der Waals surface area (Å²) in [6, 6.07) is 4.32. The quantitative estimate of drug-likeness (QED) is 0.776. The molecule has 1 aromatic carbocycles. The average molecular weight is 312 g/mol. The number of anilines is 1. The third-order valence-electron chi connectivity index (χ3n) is 3.60. The van der Waals surface area contributed by atoms with E-state index in [1.54, 1.807) is 0 Å². The molecule has 1 aliphatic carbocycles. The molecule has 0 radical (unpaired) electrons. The van der Waals surface area contributed by atoms with Crippen molar-refractivity contribution < 1.29 is 18.0 Å². The lowest BCUT2D eigenvalue weighted by molar-refractivity contribution is -0.136. The summed E-state index contributed by atoms with van der Waals surface area (Å²) in [5.41, 5.74) is 0.228. The number of carbonyl (C=O) groups is 1. The molecule has 0 aliphatic heterocycles. The first-order chi connectivity index (χ1) is 10.5. The fourth-order valence-electron chi connectivity index (χ4n) is 2.47. The van der Waals surface area contributed by atoms with E-state index in [1.165, 1.54) is 30.2 Å². The van der Waals surface area contributed by atoms with E-state index in [-0.39, 0.29) is 5.69 Å². The molecule has 0 atom stereocenters. The fraction of sp³-hybridized carbons (Fsp3) is 0.438. The van der Waals surface area contributed by atoms with E-state index < -0.39 is 17.8 Å². The fourth-order valence-corrected chi connectivity index (χ4v) is 2.47. The summed E-state index contributed by atoms with van der Waals surface area (Å²) in [5.74, 6) is 0. The van der Waals surface area contributed by atoms with Crippen molar-refractivity contribution in [3.8, 4) is 0 Å². The molecule has 0 bridgehead atoms. The molecule has 1 aliphatic rings. The van der Waals surface area contributed by atoms with Crippen LogP contribution in [0.1, 0.15) is 37.7 Å². The first kappa shape index (κ1) is 16.4. The Morgan fingerprint density at radius 2 is 1.95 bits per heavy atom. The molecule has 3 nitrogen and oxygen atoms in total. The number of alkyl halides is 3. The number of halogens is 3. The molecule has 0 saturated carbocycles. The number of amides is 2. The normalized spacial score (nSPS) is 15.1. The molecule has 120 valence electrons. The summed E-state index contributed by atoms with van der Waals surface area (Å²) < 4.78 is 38.4. The highest BCUT2D eigenvalue weighted by Crippen LogP contribution is 2.34. The second kappa shape index (κ2) is 7.33. The van der Waals surface area contributed by atoms with Crippen molar-refractivity contribution in [2.75, 3.05) is 11.9 Å². The Hall–Kier alpha value is -1.98. The van der Waals surface area contributed by atoms with Crippen LogP contribution in [0.3, 0.4) is 0 Å². The zero-order chi connectivity index (χ0) is 16.0. The van der Waals surface area contributed by atoms with Gasteiger partial charge in [-0.3, -0.25) is 0 Å². The number of hydrogen-bond donors (Lipinski definition) is 2. The van der Waals surface area contributed by atoms with Crippen LogP contribution in [0.5, 0.6) is 0 Å². The van der Waals surface area contributed by atoms with Gasteiger partial charge >= 0.3 is 12.2 Å². The summed E-state index contributed by atoms with van der Waals surface area (Å²) in [5, 5.41) is 4.86. The molecule has 6 heteroatoms. The van der Waals surface area contributed by atoms with Crippen LogP contribution in [-0.2, 0) is 6.18 Å². The molecule has 1 aromatic rings. The van der Waals surface area contributed by atoms with E-state index in [0.717, 1.165) is 31.7 Å². The van der Waals surface area contributed by atoms with E-state index in [4.69, 9.17) is 0 Å². The zero-order valence-electron chi connectivity index (χ0n) is 12.2. The van der Waals surface area contributed by atoms with Crippen molar-refractivity contribution >= 4 is 11.7 Å². The highest BCUT2D eigenvalue weighted by Gasteiger charge is 2.33. The minimum Gasteiger partial charge on any atom is -0.338 e. The summed E-state index contributed by atoms with van der Waals surface area (Å²) >= 11 is 0. The standard InChI is InChI=1S/C16H19F3N2O/c17-16(18,19)13-8-4-5-9-14(13)21-15(22)20-11-10-12-6-2-1-3-7-12/h4-6,8-9H,1-3,7,10-11H2,(H2,20,21,22). The van der Waals surface area contributed by atoms with Crippen LogP contribution in [0, 0.1) is 0 Å². The molecule has 2 N–H and O–H groups in total. The van der Waals surface area contributed by atoms with Crippen LogP contribution in [0.4, 0.5) is 23.7 Å². The van der Waals surface area contributed by atoms with Crippen molar-refractivity contribution in [3.05, 3.63) is 41.5 Å². The summed E-state index contributed by atoms with van der Waals surface area (Å²) in [6.07, 6.45) is 2.91. The van der Waals surface area contributed by atoms with Crippen molar-refractivity contribution in [2.24, 2.45) is 0 Å². The van der Waals surface area contributed by atoms with Crippen LogP contribution in [-0.4, -0.2) is 12.6 Å². The number of allylic oxidation sites excluding steroid dienone is 1. The number of benzene rings is 1. The highest BCUT2D eigenvalue weighted by atomic mass is 19.4. The van der Waals surface area contributed by atoms with Gasteiger partial charge in [0.1, 0.15) is 0 Å². The second-order valence-electron chi connectivity index (χ2n) is 5.28. The molecule has 0 saturated heterocycles. The smallest absolute Gasteiger partial charge is 0.338 e. The number of rotatable bonds is 4. The number of hydrogen-bond acceptors (Lipinski definition) is 1. The predicted octanol–water partition coefficient (Wildman–Crippen LogP) is 4.72. The molecule has 2 amide bonds. The van der Waals surface area contributed by atoms with E-state index in [2.05, 4.69) is 16.7 Å². The third kappa shape index (κ3) is 4.79. The molecule has 0 spiro atoms. The molecular weight excluding hydrogens is 293 g/mol. The van der Waals surface area contributed by atoms with Gasteiger partial charge in [0.05, 0.1) is 11.3 Å². The maximum absolute atomic E-state index is 12.8. The van der Waals surface area contributed by atoms with Crippen LogP contribution >= 0.6 is 0 Å². The number of para-hydroxylation sites is 1. The lowest BCUT2D eigenvalue weighted by Gasteiger charge is -2.15. The minimum atomic E-state index is -4.49. The second-order valence-corrected chi connectivity index (χ2v) is 5.28. The monoisotopic (exact) mass is 312 g/mol. The van der Waals surface area contributed by atoms with Gasteiger partial charge in [-0.05, 0) is 44.2 Å². The van der Waals surface area contributed by atoms with Gasteiger partial charge in [-0.2, -0.15) is 13.2 Å². The highest BCUT2D eigenvalue weighted by molar-refractivity contribution is 5.90. The van der Waals surface area contributed by atoms with E-state index in [1.807, 2.05) is 0 Å². The number of carbonyl (C=O) groups excluding carboxylic acids is 1. The number of nitrogens with one attached hydrogen (secondary N) is 2. The molecular formula is C16H19F3N2O. The Kier molecular flexibility index (Phi) is 5.46. The molecule has 0 heterocycles. The molecule has 0 aromatic heterocycles. The topological polar surface area (TPSA) is 41.1 Å². The van der Waals surface area contributed by atoms with Crippen molar-refractivity contribution in [1.29, 1.82) is 0 Å². The Morgan fingerprint density at radius 3 is 2.64 bits per heavy atom. The van der Waals surface area contributed by atoms with Gasteiger partial charge in [-0.15, -0.1) is 0 Å². The van der Waals surface area contributed by atoms with Crippen LogP contribution in [0.2, 0.25) is 0 Å². The Bertz CT molecular complexity index is 553. The van der Waals surface area contributed by atoms with Crippen molar-refractivity contribution in [1.82, 2.24) is 5.32 Å². The average Bonchev–Trinajstić information content (AvgIpc) is 2.48. The molecule has 2 rings (SSSR count). The maximum Gasteiger partial charge on any atom is 0.418 e. The van der Waals surface area contributed by atoms with Crippen molar-refractivity contribution in [2.45, 2.75) is 38.3 Å².